The van der Waals surface area contributed by atoms with Crippen molar-refractivity contribution in [1.29, 1.82) is 0 Å². The molecular weight excluding hydrogens is 492 g/mol. The summed E-state index contributed by atoms with van der Waals surface area (Å²) >= 11 is 0. The van der Waals surface area contributed by atoms with E-state index in [9.17, 15) is 13.9 Å². The van der Waals surface area contributed by atoms with Crippen molar-refractivity contribution in [2.75, 3.05) is 42.7 Å². The summed E-state index contributed by atoms with van der Waals surface area (Å²) in [6.07, 6.45) is 10.1. The minimum Gasteiger partial charge on any atom is -0.377 e. The van der Waals surface area contributed by atoms with Crippen LogP contribution in [0.2, 0.25) is 0 Å². The molecule has 1 N–H and O–H groups in total. The van der Waals surface area contributed by atoms with Gasteiger partial charge in [-0.2, -0.15) is 10.2 Å². The van der Waals surface area contributed by atoms with Gasteiger partial charge in [-0.05, 0) is 23.8 Å². The number of halogens is 2. The first-order valence-electron chi connectivity index (χ1n) is 12.1. The van der Waals surface area contributed by atoms with E-state index in [4.69, 9.17) is 0 Å². The van der Waals surface area contributed by atoms with E-state index in [1.165, 1.54) is 36.7 Å². The molecule has 1 aliphatic heterocycles. The van der Waals surface area contributed by atoms with Crippen LogP contribution in [0.3, 0.4) is 0 Å². The Morgan fingerprint density at radius 3 is 2.24 bits per heavy atom. The number of fused-ring (bicyclic) bond motifs is 1. The van der Waals surface area contributed by atoms with Gasteiger partial charge in [0.05, 0.1) is 6.20 Å². The van der Waals surface area contributed by atoms with Crippen LogP contribution in [0.25, 0.3) is 16.6 Å². The van der Waals surface area contributed by atoms with Crippen LogP contribution in [0.15, 0.2) is 67.6 Å². The first-order chi connectivity index (χ1) is 18.4. The van der Waals surface area contributed by atoms with Crippen molar-refractivity contribution >= 4 is 17.3 Å². The Labute approximate surface area is 216 Å². The Morgan fingerprint density at radius 2 is 1.58 bits per heavy atom. The summed E-state index contributed by atoms with van der Waals surface area (Å²) in [6.45, 7) is 1.59. The maximum atomic E-state index is 14.0. The predicted octanol–water partition coefficient (Wildman–Crippen LogP) is 2.59. The molecule has 0 radical (unpaired) electrons. The number of benzene rings is 1. The van der Waals surface area contributed by atoms with Gasteiger partial charge in [0.1, 0.15) is 29.9 Å². The number of nitrogens with zero attached hydrogens (tertiary/aromatic N) is 9. The monoisotopic (exact) mass is 517 g/mol. The second kappa shape index (κ2) is 9.45. The number of aromatic nitrogens is 7. The minimum absolute atomic E-state index is 0.204. The highest BCUT2D eigenvalue weighted by molar-refractivity contribution is 5.77. The third kappa shape index (κ3) is 4.22. The normalized spacial score (nSPS) is 15.7. The summed E-state index contributed by atoms with van der Waals surface area (Å²) in [7, 11) is 1.88. The van der Waals surface area contributed by atoms with Crippen LogP contribution >= 0.6 is 0 Å². The van der Waals surface area contributed by atoms with Gasteiger partial charge in [-0.15, -0.1) is 0 Å². The zero-order valence-corrected chi connectivity index (χ0v) is 20.6. The Bertz CT molecular complexity index is 1560. The highest BCUT2D eigenvalue weighted by atomic mass is 19.1. The molecule has 6 rings (SSSR count). The number of piperazine rings is 1. The lowest BCUT2D eigenvalue weighted by Gasteiger charge is -2.35. The molecule has 1 aliphatic rings. The third-order valence-electron chi connectivity index (χ3n) is 6.92. The number of alkyl halides is 1. The van der Waals surface area contributed by atoms with Gasteiger partial charge >= 0.3 is 0 Å². The van der Waals surface area contributed by atoms with Gasteiger partial charge in [0.2, 0.25) is 5.95 Å². The second-order valence-corrected chi connectivity index (χ2v) is 9.29. The summed E-state index contributed by atoms with van der Waals surface area (Å²) in [4.78, 5) is 17.6. The standard InChI is InChI=1S/C26H25F2N9O/c1-34-14-19(11-32-34)18-10-23-24(31-17-33-37(23)15-18)35-6-8-36(9-7-35)25-29-12-21(13-30-25)26(38,16-27)20-2-4-22(28)5-3-20/h2-5,10-15,17,38H,6-9,16H2,1H3/t26-/m0/s1. The van der Waals surface area contributed by atoms with Crippen LogP contribution < -0.4 is 9.80 Å². The van der Waals surface area contributed by atoms with Crippen LogP contribution in [0, 0.1) is 5.82 Å². The predicted molar refractivity (Wildman–Crippen MR) is 137 cm³/mol. The summed E-state index contributed by atoms with van der Waals surface area (Å²) in [6, 6.07) is 7.15. The molecule has 0 bridgehead atoms. The van der Waals surface area contributed by atoms with E-state index < -0.39 is 18.1 Å². The highest BCUT2D eigenvalue weighted by Crippen LogP contribution is 2.31. The molecule has 1 saturated heterocycles. The fourth-order valence-corrected chi connectivity index (χ4v) is 4.75. The van der Waals surface area contributed by atoms with Crippen LogP contribution in [0.5, 0.6) is 0 Å². The molecule has 1 atom stereocenters. The Hall–Kier alpha value is -4.45. The van der Waals surface area contributed by atoms with Crippen LogP contribution in [0.4, 0.5) is 20.5 Å². The zero-order valence-electron chi connectivity index (χ0n) is 20.6. The van der Waals surface area contributed by atoms with Crippen LogP contribution in [0.1, 0.15) is 11.1 Å². The highest BCUT2D eigenvalue weighted by Gasteiger charge is 2.33. The second-order valence-electron chi connectivity index (χ2n) is 9.29. The van der Waals surface area contributed by atoms with Crippen molar-refractivity contribution in [3.63, 3.8) is 0 Å². The number of aliphatic hydroxyl groups is 1. The molecule has 38 heavy (non-hydrogen) atoms. The van der Waals surface area contributed by atoms with Gasteiger partial charge in [0, 0.05) is 74.7 Å². The Balaban J connectivity index is 1.17. The van der Waals surface area contributed by atoms with E-state index in [1.807, 2.05) is 35.1 Å². The molecule has 0 amide bonds. The summed E-state index contributed by atoms with van der Waals surface area (Å²) in [5, 5.41) is 19.6. The number of hydrogen-bond donors (Lipinski definition) is 1. The van der Waals surface area contributed by atoms with Crippen molar-refractivity contribution in [1.82, 2.24) is 34.3 Å². The molecule has 10 nitrogen and oxygen atoms in total. The molecule has 4 aromatic heterocycles. The van der Waals surface area contributed by atoms with Crippen LogP contribution in [-0.2, 0) is 12.6 Å². The first-order valence-corrected chi connectivity index (χ1v) is 12.1. The molecule has 0 spiro atoms. The minimum atomic E-state index is -1.95. The molecule has 12 heteroatoms. The van der Waals surface area contributed by atoms with Crippen molar-refractivity contribution < 1.29 is 13.9 Å². The van der Waals surface area contributed by atoms with Crippen LogP contribution in [-0.4, -0.2) is 72.3 Å². The molecule has 5 aromatic rings. The summed E-state index contributed by atoms with van der Waals surface area (Å²) < 4.78 is 30.8. The smallest absolute Gasteiger partial charge is 0.225 e. The molecule has 0 saturated carbocycles. The lowest BCUT2D eigenvalue weighted by Crippen LogP contribution is -2.47. The number of hydrogen-bond acceptors (Lipinski definition) is 8. The van der Waals surface area contributed by atoms with Crippen molar-refractivity contribution in [2.24, 2.45) is 7.05 Å². The molecule has 0 unspecified atom stereocenters. The third-order valence-corrected chi connectivity index (χ3v) is 6.92. The van der Waals surface area contributed by atoms with Gasteiger partial charge in [-0.25, -0.2) is 28.2 Å². The number of rotatable bonds is 6. The van der Waals surface area contributed by atoms with Gasteiger partial charge in [-0.1, -0.05) is 12.1 Å². The van der Waals surface area contributed by atoms with E-state index in [0.29, 0.717) is 32.1 Å². The van der Waals surface area contributed by atoms with Gasteiger partial charge in [0.25, 0.3) is 0 Å². The van der Waals surface area contributed by atoms with E-state index in [2.05, 4.69) is 36.1 Å². The molecular formula is C26H25F2N9O. The van der Waals surface area contributed by atoms with Crippen molar-refractivity contribution in [3.8, 4) is 11.1 Å². The SMILES string of the molecule is Cn1cc(-c2cc3c(N4CCN(c5ncc([C@](O)(CF)c6ccc(F)cc6)cn5)CC4)ncnn3c2)cn1. The maximum Gasteiger partial charge on any atom is 0.225 e. The molecule has 1 aromatic carbocycles. The molecule has 1 fully saturated rings. The quantitative estimate of drug-likeness (QED) is 0.367. The topological polar surface area (TPSA) is 100 Å². The Morgan fingerprint density at radius 1 is 0.868 bits per heavy atom. The molecule has 0 aliphatic carbocycles. The van der Waals surface area contributed by atoms with Gasteiger partial charge in [0.15, 0.2) is 5.82 Å². The summed E-state index contributed by atoms with van der Waals surface area (Å²) in [5.41, 5.74) is 1.42. The fourth-order valence-electron chi connectivity index (χ4n) is 4.75. The fraction of sp³-hybridized carbons (Fsp3) is 0.269. The lowest BCUT2D eigenvalue weighted by molar-refractivity contribution is 0.0511. The number of aryl methyl sites for hydroxylation is 1. The average molecular weight is 518 g/mol. The van der Waals surface area contributed by atoms with Gasteiger partial charge < -0.3 is 14.9 Å². The summed E-state index contributed by atoms with van der Waals surface area (Å²) in [5.74, 6) is 0.871. The van der Waals surface area contributed by atoms with Crippen molar-refractivity contribution in [2.45, 2.75) is 5.60 Å². The van der Waals surface area contributed by atoms with E-state index in [-0.39, 0.29) is 11.1 Å². The van der Waals surface area contributed by atoms with E-state index in [0.717, 1.165) is 22.5 Å². The number of anilines is 2. The average Bonchev–Trinajstić information content (AvgIpc) is 3.59. The zero-order chi connectivity index (χ0) is 26.3. The maximum absolute atomic E-state index is 14.0. The van der Waals surface area contributed by atoms with E-state index in [1.54, 1.807) is 11.0 Å². The first kappa shape index (κ1) is 23.9. The largest absolute Gasteiger partial charge is 0.377 e. The molecule has 194 valence electrons. The van der Waals surface area contributed by atoms with Crippen molar-refractivity contribution in [3.05, 3.63) is 84.6 Å². The lowest BCUT2D eigenvalue weighted by atomic mass is 9.89. The molecule has 5 heterocycles. The Kier molecular flexibility index (Phi) is 5.95. The van der Waals surface area contributed by atoms with Gasteiger partial charge in [-0.3, -0.25) is 4.68 Å². The van der Waals surface area contributed by atoms with E-state index >= 15 is 0 Å².